The van der Waals surface area contributed by atoms with Gasteiger partial charge in [0.1, 0.15) is 5.82 Å². The molecule has 0 N–H and O–H groups in total. The van der Waals surface area contributed by atoms with E-state index in [1.165, 1.54) is 11.1 Å². The topological polar surface area (TPSA) is 30.7 Å². The molecule has 0 amide bonds. The van der Waals surface area contributed by atoms with E-state index in [1.54, 1.807) is 0 Å². The van der Waals surface area contributed by atoms with Crippen LogP contribution < -0.4 is 0 Å². The molecule has 3 rings (SSSR count). The van der Waals surface area contributed by atoms with Gasteiger partial charge < -0.3 is 4.57 Å². The van der Waals surface area contributed by atoms with Gasteiger partial charge >= 0.3 is 0 Å². The van der Waals surface area contributed by atoms with Crippen molar-refractivity contribution in [1.29, 1.82) is 0 Å². The van der Waals surface area contributed by atoms with Crippen molar-refractivity contribution >= 4 is 15.9 Å². The van der Waals surface area contributed by atoms with Gasteiger partial charge in [-0.3, -0.25) is 0 Å². The van der Waals surface area contributed by atoms with E-state index < -0.39 is 0 Å². The van der Waals surface area contributed by atoms with E-state index in [0.717, 1.165) is 35.5 Å². The Morgan fingerprint density at radius 2 is 2.25 bits per heavy atom. The predicted molar refractivity (Wildman–Crippen MR) is 66.2 cm³/mol. The Kier molecular flexibility index (Phi) is 2.32. The molecule has 4 heteroatoms. The van der Waals surface area contributed by atoms with Gasteiger partial charge in [0.25, 0.3) is 0 Å². The van der Waals surface area contributed by atoms with Gasteiger partial charge in [0.15, 0.2) is 5.82 Å². The predicted octanol–water partition coefficient (Wildman–Crippen LogP) is 2.83. The van der Waals surface area contributed by atoms with Gasteiger partial charge in [-0.05, 0) is 30.2 Å². The highest BCUT2D eigenvalue weighted by atomic mass is 79.9. The number of hydrogen-bond donors (Lipinski definition) is 0. The van der Waals surface area contributed by atoms with E-state index in [2.05, 4.69) is 55.8 Å². The highest BCUT2D eigenvalue weighted by Crippen LogP contribution is 2.30. The molecule has 0 saturated carbocycles. The van der Waals surface area contributed by atoms with E-state index in [9.17, 15) is 0 Å². The Morgan fingerprint density at radius 1 is 1.38 bits per heavy atom. The van der Waals surface area contributed by atoms with E-state index in [0.29, 0.717) is 0 Å². The van der Waals surface area contributed by atoms with Crippen molar-refractivity contribution in [1.82, 2.24) is 14.8 Å². The summed E-state index contributed by atoms with van der Waals surface area (Å²) in [6.45, 7) is 3.11. The van der Waals surface area contributed by atoms with Gasteiger partial charge in [0, 0.05) is 23.0 Å². The monoisotopic (exact) mass is 277 g/mol. The summed E-state index contributed by atoms with van der Waals surface area (Å²) < 4.78 is 3.37. The molecule has 0 radical (unpaired) electrons. The second-order valence-electron chi connectivity index (χ2n) is 4.00. The Morgan fingerprint density at radius 3 is 3.06 bits per heavy atom. The zero-order valence-corrected chi connectivity index (χ0v) is 10.7. The number of aryl methyl sites for hydroxylation is 2. The summed E-state index contributed by atoms with van der Waals surface area (Å²) in [5.74, 6) is 2.11. The van der Waals surface area contributed by atoms with Crippen molar-refractivity contribution in [3.63, 3.8) is 0 Å². The number of nitrogens with zero attached hydrogens (tertiary/aromatic N) is 3. The van der Waals surface area contributed by atoms with Crippen molar-refractivity contribution < 1.29 is 0 Å². The zero-order chi connectivity index (χ0) is 11.1. The van der Waals surface area contributed by atoms with Gasteiger partial charge in [-0.2, -0.15) is 0 Å². The quantitative estimate of drug-likeness (QED) is 0.803. The molecule has 82 valence electrons. The fourth-order valence-electron chi connectivity index (χ4n) is 2.25. The lowest BCUT2D eigenvalue weighted by atomic mass is 10.0. The molecule has 1 aliphatic rings. The molecule has 1 aromatic carbocycles. The summed E-state index contributed by atoms with van der Waals surface area (Å²) >= 11 is 3.51. The van der Waals surface area contributed by atoms with Crippen LogP contribution in [0.2, 0.25) is 0 Å². The lowest BCUT2D eigenvalue weighted by Crippen LogP contribution is -2.13. The number of fused-ring (bicyclic) bond motifs is 3. The lowest BCUT2D eigenvalue weighted by molar-refractivity contribution is 0.647. The molecule has 1 aromatic heterocycles. The van der Waals surface area contributed by atoms with Gasteiger partial charge in [-0.15, -0.1) is 10.2 Å². The molecule has 0 unspecified atom stereocenters. The van der Waals surface area contributed by atoms with E-state index in [4.69, 9.17) is 0 Å². The maximum Gasteiger partial charge on any atom is 0.164 e. The summed E-state index contributed by atoms with van der Waals surface area (Å²) in [5, 5.41) is 8.54. The molecule has 0 fully saturated rings. The first-order valence-electron chi connectivity index (χ1n) is 5.50. The van der Waals surface area contributed by atoms with Crippen LogP contribution >= 0.6 is 15.9 Å². The molecule has 0 atom stereocenters. The molecule has 16 heavy (non-hydrogen) atoms. The fourth-order valence-corrected chi connectivity index (χ4v) is 2.66. The molecule has 0 spiro atoms. The van der Waals surface area contributed by atoms with Crippen LogP contribution in [0.1, 0.15) is 18.3 Å². The molecule has 0 bridgehead atoms. The minimum absolute atomic E-state index is 0.943. The van der Waals surface area contributed by atoms with Crippen LogP contribution in [0, 0.1) is 0 Å². The Bertz CT molecular complexity index is 545. The van der Waals surface area contributed by atoms with Crippen LogP contribution in [0.25, 0.3) is 11.4 Å². The average molecular weight is 278 g/mol. The lowest BCUT2D eigenvalue weighted by Gasteiger charge is -2.18. The summed E-state index contributed by atoms with van der Waals surface area (Å²) in [6.07, 6.45) is 2.01. The van der Waals surface area contributed by atoms with Gasteiger partial charge in [0.2, 0.25) is 0 Å². The standard InChI is InChI=1S/C12H12BrN3/c1-2-11-14-15-12-10-4-3-9(13)7-8(10)5-6-16(11)12/h3-4,7H,2,5-6H2,1H3. The van der Waals surface area contributed by atoms with E-state index in [1.807, 2.05) is 0 Å². The summed E-state index contributed by atoms with van der Waals surface area (Å²) in [5.41, 5.74) is 2.58. The molecular formula is C12H12BrN3. The molecular weight excluding hydrogens is 266 g/mol. The summed E-state index contributed by atoms with van der Waals surface area (Å²) in [6, 6.07) is 6.37. The third kappa shape index (κ3) is 1.40. The summed E-state index contributed by atoms with van der Waals surface area (Å²) in [7, 11) is 0. The first-order chi connectivity index (χ1) is 7.79. The van der Waals surface area contributed by atoms with Gasteiger partial charge in [-0.1, -0.05) is 22.9 Å². The van der Waals surface area contributed by atoms with Crippen molar-refractivity contribution in [3.8, 4) is 11.4 Å². The van der Waals surface area contributed by atoms with Crippen LogP contribution in [0.3, 0.4) is 0 Å². The fraction of sp³-hybridized carbons (Fsp3) is 0.333. The third-order valence-electron chi connectivity index (χ3n) is 3.06. The highest BCUT2D eigenvalue weighted by molar-refractivity contribution is 9.10. The Hall–Kier alpha value is -1.16. The maximum absolute atomic E-state index is 4.30. The number of rotatable bonds is 1. The molecule has 2 heterocycles. The third-order valence-corrected chi connectivity index (χ3v) is 3.55. The average Bonchev–Trinajstić information content (AvgIpc) is 2.71. The molecule has 0 saturated heterocycles. The SMILES string of the molecule is CCc1nnc2n1CCc1cc(Br)ccc1-2. The second kappa shape index (κ2) is 3.70. The smallest absolute Gasteiger partial charge is 0.164 e. The highest BCUT2D eigenvalue weighted by Gasteiger charge is 2.20. The van der Waals surface area contributed by atoms with Gasteiger partial charge in [-0.25, -0.2) is 0 Å². The Balaban J connectivity index is 2.20. The van der Waals surface area contributed by atoms with Crippen molar-refractivity contribution in [2.24, 2.45) is 0 Å². The van der Waals surface area contributed by atoms with Crippen LogP contribution in [0.4, 0.5) is 0 Å². The van der Waals surface area contributed by atoms with E-state index in [-0.39, 0.29) is 0 Å². The second-order valence-corrected chi connectivity index (χ2v) is 4.91. The van der Waals surface area contributed by atoms with Crippen LogP contribution in [0.15, 0.2) is 22.7 Å². The minimum atomic E-state index is 0.943. The maximum atomic E-state index is 4.30. The first-order valence-corrected chi connectivity index (χ1v) is 6.29. The summed E-state index contributed by atoms with van der Waals surface area (Å²) in [4.78, 5) is 0. The number of aromatic nitrogens is 3. The van der Waals surface area contributed by atoms with Crippen molar-refractivity contribution in [2.75, 3.05) is 0 Å². The zero-order valence-electron chi connectivity index (χ0n) is 9.07. The first kappa shape index (κ1) is 10.0. The molecule has 0 aliphatic carbocycles. The van der Waals surface area contributed by atoms with Crippen molar-refractivity contribution in [2.45, 2.75) is 26.3 Å². The minimum Gasteiger partial charge on any atom is -0.311 e. The van der Waals surface area contributed by atoms with Crippen molar-refractivity contribution in [3.05, 3.63) is 34.1 Å². The van der Waals surface area contributed by atoms with Crippen LogP contribution in [-0.2, 0) is 19.4 Å². The van der Waals surface area contributed by atoms with Crippen LogP contribution in [-0.4, -0.2) is 14.8 Å². The van der Waals surface area contributed by atoms with Gasteiger partial charge in [0.05, 0.1) is 0 Å². The molecule has 3 nitrogen and oxygen atoms in total. The largest absolute Gasteiger partial charge is 0.311 e. The molecule has 1 aliphatic heterocycles. The molecule has 2 aromatic rings. The number of halogens is 1. The normalized spacial score (nSPS) is 13.4. The van der Waals surface area contributed by atoms with E-state index >= 15 is 0 Å². The number of benzene rings is 1. The van der Waals surface area contributed by atoms with Crippen LogP contribution in [0.5, 0.6) is 0 Å². The Labute approximate surface area is 103 Å². The number of hydrogen-bond acceptors (Lipinski definition) is 2.